The summed E-state index contributed by atoms with van der Waals surface area (Å²) in [7, 11) is 1.61. The molecule has 1 heterocycles. The molecule has 0 aromatic heterocycles. The molecule has 19 heavy (non-hydrogen) atoms. The van der Waals surface area contributed by atoms with Crippen molar-refractivity contribution in [3.05, 3.63) is 23.8 Å². The van der Waals surface area contributed by atoms with Gasteiger partial charge in [-0.1, -0.05) is 0 Å². The fourth-order valence-corrected chi connectivity index (χ4v) is 1.68. The Kier molecular flexibility index (Phi) is 5.14. The number of nitrogens with zero attached hydrogens (tertiary/aromatic N) is 1. The molecule has 1 aliphatic heterocycles. The van der Waals surface area contributed by atoms with Gasteiger partial charge in [0.2, 0.25) is 6.40 Å². The van der Waals surface area contributed by atoms with E-state index in [9.17, 15) is 0 Å². The highest BCUT2D eigenvalue weighted by Crippen LogP contribution is 2.34. The molecule has 0 spiro atoms. The molecule has 0 N–H and O–H groups in total. The van der Waals surface area contributed by atoms with Gasteiger partial charge in [-0.05, 0) is 25.1 Å². The number of aliphatic imine (C=N–C) groups is 1. The van der Waals surface area contributed by atoms with Gasteiger partial charge in [0.05, 0.1) is 32.6 Å². The Labute approximate surface area is 111 Å². The largest absolute Gasteiger partial charge is 0.497 e. The van der Waals surface area contributed by atoms with Crippen molar-refractivity contribution >= 4 is 12.1 Å². The smallest absolute Gasteiger partial charge is 0.219 e. The fraction of sp³-hybridized carbons (Fsp3) is 0.462. The summed E-state index contributed by atoms with van der Waals surface area (Å²) >= 11 is 0. The van der Waals surface area contributed by atoms with E-state index in [2.05, 4.69) is 4.99 Å². The van der Waals surface area contributed by atoms with Gasteiger partial charge in [0.1, 0.15) is 5.75 Å². The van der Waals surface area contributed by atoms with Crippen molar-refractivity contribution in [1.82, 2.24) is 0 Å². The van der Waals surface area contributed by atoms with Crippen LogP contribution in [0.4, 0.5) is 5.69 Å². The Morgan fingerprint density at radius 2 is 2.16 bits per heavy atom. The van der Waals surface area contributed by atoms with Crippen molar-refractivity contribution in [3.63, 3.8) is 0 Å². The van der Waals surface area contributed by atoms with E-state index in [4.69, 9.17) is 24.0 Å². The van der Waals surface area contributed by atoms with Crippen molar-refractivity contribution in [2.75, 3.05) is 26.9 Å². The quantitative estimate of drug-likeness (QED) is 0.260. The summed E-state index contributed by atoms with van der Waals surface area (Å²) in [5.41, 5.74) is 1.49. The predicted octanol–water partition coefficient (Wildman–Crippen LogP) is 2.37. The lowest BCUT2D eigenvalue weighted by Gasteiger charge is -2.13. The van der Waals surface area contributed by atoms with Crippen LogP contribution in [0, 0.1) is 0 Å². The van der Waals surface area contributed by atoms with Crippen LogP contribution in [-0.2, 0) is 19.2 Å². The Balaban J connectivity index is 2.18. The third-order valence-corrected chi connectivity index (χ3v) is 2.53. The minimum atomic E-state index is -0.422. The second-order valence-corrected chi connectivity index (χ2v) is 3.74. The van der Waals surface area contributed by atoms with Crippen LogP contribution in [-0.4, -0.2) is 33.3 Å². The zero-order valence-electron chi connectivity index (χ0n) is 11.0. The summed E-state index contributed by atoms with van der Waals surface area (Å²) in [6.45, 7) is 3.42. The zero-order valence-corrected chi connectivity index (χ0v) is 11.0. The van der Waals surface area contributed by atoms with E-state index >= 15 is 0 Å². The van der Waals surface area contributed by atoms with Crippen LogP contribution in [0.3, 0.4) is 0 Å². The summed E-state index contributed by atoms with van der Waals surface area (Å²) in [6, 6.07) is 5.46. The first-order valence-corrected chi connectivity index (χ1v) is 6.07. The molecular formula is C13H17NO5. The highest BCUT2D eigenvalue weighted by atomic mass is 17.2. The van der Waals surface area contributed by atoms with Crippen LogP contribution in [0.15, 0.2) is 23.2 Å². The van der Waals surface area contributed by atoms with Crippen molar-refractivity contribution in [1.29, 1.82) is 0 Å². The van der Waals surface area contributed by atoms with E-state index in [1.165, 1.54) is 6.40 Å². The molecular weight excluding hydrogens is 250 g/mol. The molecule has 6 heteroatoms. The lowest BCUT2D eigenvalue weighted by atomic mass is 10.1. The van der Waals surface area contributed by atoms with Crippen molar-refractivity contribution in [2.45, 2.75) is 13.2 Å². The average Bonchev–Trinajstić information content (AvgIpc) is 2.97. The normalized spacial score (nSPS) is 16.1. The molecule has 0 unspecified atom stereocenters. The third kappa shape index (κ3) is 3.66. The average molecular weight is 267 g/mol. The van der Waals surface area contributed by atoms with Crippen LogP contribution in [0.5, 0.6) is 5.75 Å². The number of rotatable bonds is 6. The molecule has 1 aromatic rings. The van der Waals surface area contributed by atoms with Crippen molar-refractivity contribution < 1.29 is 24.0 Å². The van der Waals surface area contributed by atoms with Gasteiger partial charge in [0.25, 0.3) is 0 Å². The molecule has 1 aromatic carbocycles. The van der Waals surface area contributed by atoms with E-state index in [0.29, 0.717) is 25.5 Å². The van der Waals surface area contributed by atoms with Gasteiger partial charge < -0.3 is 19.1 Å². The first-order chi connectivity index (χ1) is 9.35. The van der Waals surface area contributed by atoms with E-state index in [1.54, 1.807) is 7.11 Å². The van der Waals surface area contributed by atoms with Gasteiger partial charge >= 0.3 is 0 Å². The second-order valence-electron chi connectivity index (χ2n) is 3.74. The van der Waals surface area contributed by atoms with Crippen molar-refractivity contribution in [3.8, 4) is 5.75 Å². The van der Waals surface area contributed by atoms with Crippen LogP contribution in [0.2, 0.25) is 0 Å². The first kappa shape index (κ1) is 13.8. The second kappa shape index (κ2) is 7.08. The van der Waals surface area contributed by atoms with Gasteiger partial charge in [0, 0.05) is 5.56 Å². The molecule has 0 bridgehead atoms. The molecule has 0 radical (unpaired) electrons. The summed E-state index contributed by atoms with van der Waals surface area (Å²) in [5.74, 6) is 0.721. The summed E-state index contributed by atoms with van der Waals surface area (Å²) in [5, 5.41) is 0. The molecule has 0 atom stereocenters. The van der Waals surface area contributed by atoms with Gasteiger partial charge in [-0.15, -0.1) is 0 Å². The topological polar surface area (TPSA) is 58.5 Å². The maximum absolute atomic E-state index is 5.48. The summed E-state index contributed by atoms with van der Waals surface area (Å²) in [4.78, 5) is 13.7. The highest BCUT2D eigenvalue weighted by molar-refractivity contribution is 5.60. The lowest BCUT2D eigenvalue weighted by Crippen LogP contribution is -1.99. The Bertz CT molecular complexity index is 429. The van der Waals surface area contributed by atoms with Crippen molar-refractivity contribution in [2.24, 2.45) is 4.99 Å². The fourth-order valence-electron chi connectivity index (χ4n) is 1.68. The number of benzene rings is 1. The van der Waals surface area contributed by atoms with E-state index < -0.39 is 6.29 Å². The minimum absolute atomic E-state index is 0.422. The van der Waals surface area contributed by atoms with E-state index in [0.717, 1.165) is 11.3 Å². The molecule has 1 fully saturated rings. The number of ether oxygens (including phenoxy) is 3. The third-order valence-electron chi connectivity index (χ3n) is 2.53. The highest BCUT2D eigenvalue weighted by Gasteiger charge is 2.22. The van der Waals surface area contributed by atoms with Crippen LogP contribution >= 0.6 is 0 Å². The molecule has 0 amide bonds. The SMILES string of the molecule is CCOO/C=N\c1ccc(OC)cc1C1OCCO1. The van der Waals surface area contributed by atoms with Crippen LogP contribution in [0.25, 0.3) is 0 Å². The van der Waals surface area contributed by atoms with E-state index in [1.807, 2.05) is 25.1 Å². The summed E-state index contributed by atoms with van der Waals surface area (Å²) in [6.07, 6.45) is 0.818. The Morgan fingerprint density at radius 1 is 1.37 bits per heavy atom. The monoisotopic (exact) mass is 267 g/mol. The molecule has 6 nitrogen and oxygen atoms in total. The Hall–Kier alpha value is -1.63. The predicted molar refractivity (Wildman–Crippen MR) is 68.5 cm³/mol. The summed E-state index contributed by atoms with van der Waals surface area (Å²) < 4.78 is 16.2. The molecule has 1 aliphatic rings. The lowest BCUT2D eigenvalue weighted by molar-refractivity contribution is -0.211. The maximum Gasteiger partial charge on any atom is 0.219 e. The molecule has 104 valence electrons. The zero-order chi connectivity index (χ0) is 13.5. The maximum atomic E-state index is 5.48. The molecule has 0 saturated carbocycles. The molecule has 2 rings (SSSR count). The minimum Gasteiger partial charge on any atom is -0.497 e. The number of methoxy groups -OCH3 is 1. The molecule has 1 saturated heterocycles. The van der Waals surface area contributed by atoms with Gasteiger partial charge in [-0.2, -0.15) is 4.89 Å². The number of hydrogen-bond donors (Lipinski definition) is 0. The van der Waals surface area contributed by atoms with Crippen LogP contribution < -0.4 is 4.74 Å². The van der Waals surface area contributed by atoms with Crippen LogP contribution in [0.1, 0.15) is 18.8 Å². The first-order valence-electron chi connectivity index (χ1n) is 6.07. The van der Waals surface area contributed by atoms with E-state index in [-0.39, 0.29) is 0 Å². The van der Waals surface area contributed by atoms with Gasteiger partial charge in [0.15, 0.2) is 6.29 Å². The Morgan fingerprint density at radius 3 is 2.84 bits per heavy atom. The van der Waals surface area contributed by atoms with Gasteiger partial charge in [-0.3, -0.25) is 0 Å². The molecule has 0 aliphatic carbocycles. The number of hydrogen-bond acceptors (Lipinski definition) is 6. The standard InChI is InChI=1S/C13H17NO5/c1-3-18-19-9-14-12-5-4-10(15-2)8-11(12)13-16-6-7-17-13/h4-5,8-9,13H,3,6-7H2,1-2H3/b14-9-. The van der Waals surface area contributed by atoms with Gasteiger partial charge in [-0.25, -0.2) is 4.99 Å².